The SMILES string of the molecule is C.C.C=CC.CC.CC.CC=CC. The van der Waals surface area contributed by atoms with E-state index in [1.807, 2.05) is 60.6 Å². The molecule has 0 bridgehead atoms. The Morgan fingerprint density at radius 2 is 0.769 bits per heavy atom. The van der Waals surface area contributed by atoms with Crippen molar-refractivity contribution in [3.63, 3.8) is 0 Å². The Bertz CT molecular complexity index is 38.0. The Labute approximate surface area is 88.8 Å². The molecule has 0 heteroatoms. The molecule has 0 fully saturated rings. The second kappa shape index (κ2) is 205. The van der Waals surface area contributed by atoms with E-state index in [4.69, 9.17) is 0 Å². The van der Waals surface area contributed by atoms with E-state index in [2.05, 4.69) is 6.58 Å². The zero-order chi connectivity index (χ0) is 10.1. The van der Waals surface area contributed by atoms with Crippen LogP contribution in [0.5, 0.6) is 0 Å². The molecule has 0 atom stereocenters. The summed E-state index contributed by atoms with van der Waals surface area (Å²) in [6.07, 6.45) is 5.75. The second-order valence-electron chi connectivity index (χ2n) is 1.07. The highest BCUT2D eigenvalue weighted by Gasteiger charge is 1.34. The van der Waals surface area contributed by atoms with Crippen LogP contribution in [0.15, 0.2) is 24.8 Å². The summed E-state index contributed by atoms with van der Waals surface area (Å²) in [5.74, 6) is 0. The van der Waals surface area contributed by atoms with Gasteiger partial charge in [0, 0.05) is 0 Å². The number of hydrogen-bond acceptors (Lipinski definition) is 0. The van der Waals surface area contributed by atoms with Gasteiger partial charge in [-0.3, -0.25) is 0 Å². The average Bonchev–Trinajstić information content (AvgIpc) is 2.12. The van der Waals surface area contributed by atoms with E-state index in [9.17, 15) is 0 Å². The van der Waals surface area contributed by atoms with Gasteiger partial charge in [0.25, 0.3) is 0 Å². The fourth-order valence-electron chi connectivity index (χ4n) is 0. The van der Waals surface area contributed by atoms with Crippen LogP contribution in [-0.4, -0.2) is 0 Å². The van der Waals surface area contributed by atoms with Crippen molar-refractivity contribution in [2.45, 2.75) is 63.3 Å². The van der Waals surface area contributed by atoms with E-state index in [1.54, 1.807) is 6.08 Å². The molecule has 0 nitrogen and oxygen atoms in total. The molecule has 0 spiro atoms. The lowest BCUT2D eigenvalue weighted by molar-refractivity contribution is 1.50. The summed E-state index contributed by atoms with van der Waals surface area (Å²) in [5, 5.41) is 0. The third-order valence-electron chi connectivity index (χ3n) is 0.333. The molecular formula is C13H34. The van der Waals surface area contributed by atoms with Crippen molar-refractivity contribution < 1.29 is 0 Å². The summed E-state index contributed by atoms with van der Waals surface area (Å²) in [7, 11) is 0. The Hall–Kier alpha value is -0.520. The molecule has 0 aliphatic rings. The van der Waals surface area contributed by atoms with Gasteiger partial charge >= 0.3 is 0 Å². The van der Waals surface area contributed by atoms with Gasteiger partial charge in [-0.15, -0.1) is 6.58 Å². The predicted molar refractivity (Wildman–Crippen MR) is 72.5 cm³/mol. The first-order chi connectivity index (χ1) is 5.33. The minimum Gasteiger partial charge on any atom is -0.103 e. The van der Waals surface area contributed by atoms with Crippen LogP contribution in [0.1, 0.15) is 63.3 Å². The summed E-state index contributed by atoms with van der Waals surface area (Å²) < 4.78 is 0. The van der Waals surface area contributed by atoms with Crippen molar-refractivity contribution in [2.24, 2.45) is 0 Å². The normalized spacial score (nSPS) is 4.85. The van der Waals surface area contributed by atoms with Gasteiger partial charge in [0.2, 0.25) is 0 Å². The highest BCUT2D eigenvalue weighted by molar-refractivity contribution is 4.68. The fourth-order valence-corrected chi connectivity index (χ4v) is 0. The number of allylic oxidation sites excluding steroid dienone is 3. The first-order valence-corrected chi connectivity index (χ1v) is 4.47. The standard InChI is InChI=1S/C4H8.C3H6.2C2H6.2CH4/c1-3-4-2;1-3-2;2*1-2;;/h3-4H,1-2H3;3H,1H2,2H3;2*1-2H3;2*1H4. The summed E-state index contributed by atoms with van der Waals surface area (Å²) in [5.41, 5.74) is 0. The minimum absolute atomic E-state index is 0. The van der Waals surface area contributed by atoms with Gasteiger partial charge in [-0.1, -0.05) is 60.8 Å². The molecule has 0 saturated heterocycles. The molecule has 0 N–H and O–H groups in total. The van der Waals surface area contributed by atoms with Crippen LogP contribution in [-0.2, 0) is 0 Å². The molecule has 0 aromatic rings. The topological polar surface area (TPSA) is 0 Å². The van der Waals surface area contributed by atoms with Crippen molar-refractivity contribution >= 4 is 0 Å². The van der Waals surface area contributed by atoms with Crippen LogP contribution in [0.2, 0.25) is 0 Å². The molecule has 0 saturated carbocycles. The number of hydrogen-bond donors (Lipinski definition) is 0. The molecular weight excluding hydrogens is 156 g/mol. The second-order valence-corrected chi connectivity index (χ2v) is 1.07. The van der Waals surface area contributed by atoms with Crippen molar-refractivity contribution in [2.75, 3.05) is 0 Å². The van der Waals surface area contributed by atoms with Gasteiger partial charge in [-0.2, -0.15) is 0 Å². The van der Waals surface area contributed by atoms with Crippen molar-refractivity contribution in [3.8, 4) is 0 Å². The molecule has 86 valence electrons. The molecule has 0 radical (unpaired) electrons. The molecule has 13 heavy (non-hydrogen) atoms. The van der Waals surface area contributed by atoms with E-state index in [-0.39, 0.29) is 14.9 Å². The third-order valence-corrected chi connectivity index (χ3v) is 0.333. The minimum atomic E-state index is 0. The lowest BCUT2D eigenvalue weighted by atomic mass is 10.6. The van der Waals surface area contributed by atoms with E-state index < -0.39 is 0 Å². The van der Waals surface area contributed by atoms with Crippen molar-refractivity contribution in [3.05, 3.63) is 24.8 Å². The fraction of sp³-hybridized carbons (Fsp3) is 0.692. The summed E-state index contributed by atoms with van der Waals surface area (Å²) in [4.78, 5) is 0. The van der Waals surface area contributed by atoms with Gasteiger partial charge in [-0.05, 0) is 20.8 Å². The highest BCUT2D eigenvalue weighted by Crippen LogP contribution is 1.57. The Kier molecular flexibility index (Phi) is 618. The van der Waals surface area contributed by atoms with Gasteiger partial charge in [-0.25, -0.2) is 0 Å². The maximum atomic E-state index is 3.36. The Morgan fingerprint density at radius 1 is 0.692 bits per heavy atom. The maximum Gasteiger partial charge on any atom is -0.0470 e. The van der Waals surface area contributed by atoms with E-state index in [1.165, 1.54) is 0 Å². The van der Waals surface area contributed by atoms with Gasteiger partial charge < -0.3 is 0 Å². The molecule has 0 heterocycles. The zero-order valence-electron chi connectivity index (χ0n) is 9.44. The number of rotatable bonds is 0. The lowest BCUT2D eigenvalue weighted by Gasteiger charge is -1.49. The molecule has 0 rings (SSSR count). The van der Waals surface area contributed by atoms with Gasteiger partial charge in [0.1, 0.15) is 0 Å². The van der Waals surface area contributed by atoms with E-state index in [0.29, 0.717) is 0 Å². The summed E-state index contributed by atoms with van der Waals surface area (Å²) >= 11 is 0. The van der Waals surface area contributed by atoms with Crippen molar-refractivity contribution in [1.82, 2.24) is 0 Å². The van der Waals surface area contributed by atoms with E-state index in [0.717, 1.165) is 0 Å². The Balaban J connectivity index is -0.0000000125. The van der Waals surface area contributed by atoms with Crippen LogP contribution in [0.3, 0.4) is 0 Å². The molecule has 0 unspecified atom stereocenters. The predicted octanol–water partition coefficient (Wildman–Crippen LogP) is 6.10. The average molecular weight is 190 g/mol. The first-order valence-electron chi connectivity index (χ1n) is 4.47. The van der Waals surface area contributed by atoms with Crippen LogP contribution in [0, 0.1) is 0 Å². The Morgan fingerprint density at radius 3 is 0.769 bits per heavy atom. The van der Waals surface area contributed by atoms with Crippen LogP contribution in [0.25, 0.3) is 0 Å². The zero-order valence-corrected chi connectivity index (χ0v) is 9.44. The van der Waals surface area contributed by atoms with Crippen LogP contribution in [0.4, 0.5) is 0 Å². The van der Waals surface area contributed by atoms with E-state index >= 15 is 0 Å². The van der Waals surface area contributed by atoms with Gasteiger partial charge in [0.05, 0.1) is 0 Å². The maximum absolute atomic E-state index is 3.36. The summed E-state index contributed by atoms with van der Waals surface area (Å²) in [6, 6.07) is 0. The molecule has 0 aromatic heterocycles. The third kappa shape index (κ3) is 4480. The molecule has 0 aromatic carbocycles. The summed E-state index contributed by atoms with van der Waals surface area (Å²) in [6.45, 7) is 17.2. The van der Waals surface area contributed by atoms with Crippen LogP contribution >= 0.6 is 0 Å². The molecule has 0 amide bonds. The molecule has 0 aliphatic carbocycles. The quantitative estimate of drug-likeness (QED) is 0.405. The highest BCUT2D eigenvalue weighted by atomic mass is 13.4. The van der Waals surface area contributed by atoms with Gasteiger partial charge in [0.15, 0.2) is 0 Å². The molecule has 0 aliphatic heterocycles. The first kappa shape index (κ1) is 39.2. The smallest absolute Gasteiger partial charge is 0.0470 e. The monoisotopic (exact) mass is 190 g/mol. The van der Waals surface area contributed by atoms with Crippen molar-refractivity contribution in [1.29, 1.82) is 0 Å². The lowest BCUT2D eigenvalue weighted by Crippen LogP contribution is -1.26. The van der Waals surface area contributed by atoms with Crippen LogP contribution < -0.4 is 0 Å². The largest absolute Gasteiger partial charge is 0.103 e.